The van der Waals surface area contributed by atoms with Crippen molar-refractivity contribution in [3.05, 3.63) is 23.8 Å². The van der Waals surface area contributed by atoms with Gasteiger partial charge in [-0.05, 0) is 61.1 Å². The Bertz CT molecular complexity index is 816. The largest absolute Gasteiger partial charge is 0.493 e. The molecule has 0 bridgehead atoms. The summed E-state index contributed by atoms with van der Waals surface area (Å²) in [6, 6.07) is 5.57. The molecule has 4 N–H and O–H groups in total. The van der Waals surface area contributed by atoms with E-state index in [1.807, 2.05) is 26.0 Å². The highest BCUT2D eigenvalue weighted by atomic mass is 35.5. The van der Waals surface area contributed by atoms with Crippen molar-refractivity contribution < 1.29 is 28.8 Å². The number of hydrogen-bond acceptors (Lipinski definition) is 7. The smallest absolute Gasteiger partial charge is 0.226 e. The molecule has 1 aliphatic heterocycles. The number of hydrogen-bond donors (Lipinski definition) is 3. The average Bonchev–Trinajstić information content (AvgIpc) is 2.89. The summed E-state index contributed by atoms with van der Waals surface area (Å²) in [6.07, 6.45) is 3.20. The lowest BCUT2D eigenvalue weighted by molar-refractivity contribution is -0.134. The van der Waals surface area contributed by atoms with Crippen molar-refractivity contribution in [3.8, 4) is 11.5 Å². The second-order valence-electron chi connectivity index (χ2n) is 11.2. The number of aliphatic hydroxyl groups is 1. The molecule has 9 heteroatoms. The fourth-order valence-electron chi connectivity index (χ4n) is 4.93. The molecule has 0 aromatic heterocycles. The lowest BCUT2D eigenvalue weighted by Crippen LogP contribution is -2.49. The van der Waals surface area contributed by atoms with Gasteiger partial charge in [0.25, 0.3) is 0 Å². The van der Waals surface area contributed by atoms with Gasteiger partial charge >= 0.3 is 0 Å². The number of amides is 1. The van der Waals surface area contributed by atoms with E-state index in [1.165, 1.54) is 0 Å². The lowest BCUT2D eigenvalue weighted by atomic mass is 9.74. The summed E-state index contributed by atoms with van der Waals surface area (Å²) in [5.41, 5.74) is 7.07. The number of rotatable bonds is 16. The number of carbonyl (C=O) groups is 1. The zero-order valence-corrected chi connectivity index (χ0v) is 25.0. The Kier molecular flexibility index (Phi) is 15.6. The first-order valence-electron chi connectivity index (χ1n) is 13.7. The zero-order chi connectivity index (χ0) is 27.4. The van der Waals surface area contributed by atoms with E-state index in [-0.39, 0.29) is 36.7 Å². The number of carbonyl (C=O) groups excluding carboxylic acids is 1. The monoisotopic (exact) mass is 558 g/mol. The molecule has 0 aliphatic carbocycles. The van der Waals surface area contributed by atoms with Crippen LogP contribution in [0.5, 0.6) is 11.5 Å². The molecule has 2 rings (SSSR count). The number of ether oxygens (including phenoxy) is 4. The summed E-state index contributed by atoms with van der Waals surface area (Å²) in [4.78, 5) is 12.9. The SMILES string of the molecule is COCCCOc1cc(C[C@@H](C[C@H](N)[C@@H](O)CNC(=O)C(C)(C)C2CCOCC2)C(C)C)ccc1OC.Cl. The van der Waals surface area contributed by atoms with Crippen LogP contribution in [0.2, 0.25) is 0 Å². The summed E-state index contributed by atoms with van der Waals surface area (Å²) in [6.45, 7) is 11.0. The van der Waals surface area contributed by atoms with Crippen molar-refractivity contribution in [3.63, 3.8) is 0 Å². The van der Waals surface area contributed by atoms with Crippen LogP contribution in [-0.2, 0) is 20.7 Å². The zero-order valence-electron chi connectivity index (χ0n) is 24.2. The molecule has 1 aromatic rings. The van der Waals surface area contributed by atoms with Crippen molar-refractivity contribution in [1.82, 2.24) is 5.32 Å². The molecule has 3 atom stereocenters. The fourth-order valence-corrected chi connectivity index (χ4v) is 4.93. The highest BCUT2D eigenvalue weighted by molar-refractivity contribution is 5.85. The van der Waals surface area contributed by atoms with Gasteiger partial charge in [0.15, 0.2) is 11.5 Å². The Balaban J connectivity index is 0.00000722. The highest BCUT2D eigenvalue weighted by Gasteiger charge is 2.37. The van der Waals surface area contributed by atoms with Gasteiger partial charge in [-0.25, -0.2) is 0 Å². The van der Waals surface area contributed by atoms with E-state index < -0.39 is 17.6 Å². The van der Waals surface area contributed by atoms with Crippen LogP contribution in [0, 0.1) is 23.2 Å². The highest BCUT2D eigenvalue weighted by Crippen LogP contribution is 2.35. The Morgan fingerprint density at radius 2 is 1.87 bits per heavy atom. The third kappa shape index (κ3) is 10.5. The Hall–Kier alpha value is -1.58. The van der Waals surface area contributed by atoms with E-state index in [0.29, 0.717) is 44.5 Å². The van der Waals surface area contributed by atoms with Gasteiger partial charge in [-0.3, -0.25) is 4.79 Å². The third-order valence-corrected chi connectivity index (χ3v) is 7.79. The average molecular weight is 559 g/mol. The predicted molar refractivity (Wildman–Crippen MR) is 153 cm³/mol. The van der Waals surface area contributed by atoms with Gasteiger partial charge in [0, 0.05) is 51.4 Å². The summed E-state index contributed by atoms with van der Waals surface area (Å²) in [7, 11) is 3.31. The predicted octanol–water partition coefficient (Wildman–Crippen LogP) is 3.99. The van der Waals surface area contributed by atoms with E-state index in [9.17, 15) is 9.90 Å². The molecular weight excluding hydrogens is 508 g/mol. The molecule has 8 nitrogen and oxygen atoms in total. The van der Waals surface area contributed by atoms with Gasteiger partial charge in [0.05, 0.1) is 19.8 Å². The van der Waals surface area contributed by atoms with Gasteiger partial charge in [-0.15, -0.1) is 12.4 Å². The number of methoxy groups -OCH3 is 2. The number of benzene rings is 1. The maximum atomic E-state index is 12.9. The molecule has 1 aromatic carbocycles. The standard InChI is InChI=1S/C29H50N2O6.ClH/c1-20(2)22(16-21-8-9-26(35-6)27(17-21)37-13-7-12-34-5)18-24(30)25(32)19-31-28(33)29(3,4)23-10-14-36-15-11-23;/h8-9,17,20,22-25,32H,7,10-16,18-19,30H2,1-6H3,(H,31,33);1H/t22-,24-,25-;/m0./s1. The summed E-state index contributed by atoms with van der Waals surface area (Å²) in [5.74, 6) is 2.28. The van der Waals surface area contributed by atoms with E-state index >= 15 is 0 Å². The summed E-state index contributed by atoms with van der Waals surface area (Å²) >= 11 is 0. The molecular formula is C29H51ClN2O6. The topological polar surface area (TPSA) is 112 Å². The number of nitrogens with two attached hydrogens (primary N) is 1. The van der Waals surface area contributed by atoms with Crippen molar-refractivity contribution >= 4 is 18.3 Å². The molecule has 1 fully saturated rings. The summed E-state index contributed by atoms with van der Waals surface area (Å²) < 4.78 is 21.9. The molecule has 1 heterocycles. The quantitative estimate of drug-likeness (QED) is 0.263. The number of halogens is 1. The van der Waals surface area contributed by atoms with Crippen LogP contribution in [0.25, 0.3) is 0 Å². The number of aliphatic hydroxyl groups excluding tert-OH is 1. The van der Waals surface area contributed by atoms with Crippen LogP contribution >= 0.6 is 12.4 Å². The van der Waals surface area contributed by atoms with Gasteiger partial charge in [0.2, 0.25) is 5.91 Å². The molecule has 38 heavy (non-hydrogen) atoms. The minimum atomic E-state index is -0.814. The molecule has 1 aliphatic rings. The van der Waals surface area contributed by atoms with Gasteiger partial charge in [0.1, 0.15) is 0 Å². The first-order chi connectivity index (χ1) is 17.6. The molecule has 1 saturated heterocycles. The molecule has 220 valence electrons. The Morgan fingerprint density at radius 3 is 2.47 bits per heavy atom. The minimum absolute atomic E-state index is 0. The number of nitrogens with one attached hydrogen (secondary N) is 1. The first kappa shape index (κ1) is 34.4. The molecule has 0 unspecified atom stereocenters. The molecule has 0 saturated carbocycles. The van der Waals surface area contributed by atoms with Crippen LogP contribution in [0.3, 0.4) is 0 Å². The second-order valence-corrected chi connectivity index (χ2v) is 11.2. The van der Waals surface area contributed by atoms with Gasteiger partial charge in [-0.2, -0.15) is 0 Å². The lowest BCUT2D eigenvalue weighted by Gasteiger charge is -2.36. The van der Waals surface area contributed by atoms with Crippen molar-refractivity contribution in [2.24, 2.45) is 28.9 Å². The fraction of sp³-hybridized carbons (Fsp3) is 0.759. The first-order valence-corrected chi connectivity index (χ1v) is 13.7. The minimum Gasteiger partial charge on any atom is -0.493 e. The van der Waals surface area contributed by atoms with E-state index in [0.717, 1.165) is 37.0 Å². The summed E-state index contributed by atoms with van der Waals surface area (Å²) in [5, 5.41) is 13.7. The second kappa shape index (κ2) is 17.2. The normalized spacial score (nSPS) is 16.9. The van der Waals surface area contributed by atoms with Crippen molar-refractivity contribution in [2.45, 2.75) is 71.9 Å². The van der Waals surface area contributed by atoms with Crippen molar-refractivity contribution in [1.29, 1.82) is 0 Å². The van der Waals surface area contributed by atoms with E-state index in [2.05, 4.69) is 25.2 Å². The molecule has 0 radical (unpaired) electrons. The van der Waals surface area contributed by atoms with Crippen LogP contribution in [0.15, 0.2) is 18.2 Å². The van der Waals surface area contributed by atoms with Crippen LogP contribution in [0.4, 0.5) is 0 Å². The molecule has 0 spiro atoms. The van der Waals surface area contributed by atoms with E-state index in [4.69, 9.17) is 24.7 Å². The molecule has 1 amide bonds. The third-order valence-electron chi connectivity index (χ3n) is 7.79. The van der Waals surface area contributed by atoms with E-state index in [1.54, 1.807) is 14.2 Å². The van der Waals surface area contributed by atoms with Crippen molar-refractivity contribution in [2.75, 3.05) is 47.2 Å². The van der Waals surface area contributed by atoms with Crippen LogP contribution in [-0.4, -0.2) is 70.4 Å². The van der Waals surface area contributed by atoms with Gasteiger partial charge in [-0.1, -0.05) is 33.8 Å². The Morgan fingerprint density at radius 1 is 1.18 bits per heavy atom. The Labute approximate surface area is 235 Å². The van der Waals surface area contributed by atoms with Crippen LogP contribution in [0.1, 0.15) is 58.9 Å². The van der Waals surface area contributed by atoms with Gasteiger partial charge < -0.3 is 35.1 Å². The maximum absolute atomic E-state index is 12.9. The maximum Gasteiger partial charge on any atom is 0.226 e. The van der Waals surface area contributed by atoms with Crippen LogP contribution < -0.4 is 20.5 Å².